The van der Waals surface area contributed by atoms with Gasteiger partial charge in [-0.2, -0.15) is 13.2 Å². The van der Waals surface area contributed by atoms with Gasteiger partial charge in [-0.15, -0.1) is 11.3 Å². The van der Waals surface area contributed by atoms with Gasteiger partial charge in [-0.25, -0.2) is 4.98 Å². The second-order valence-corrected chi connectivity index (χ2v) is 5.89. The number of rotatable bonds is 4. The smallest absolute Gasteiger partial charge is 0.357 e. The van der Waals surface area contributed by atoms with Crippen LogP contribution in [0, 0.1) is 0 Å². The fraction of sp³-hybridized carbons (Fsp3) is 0.364. The quantitative estimate of drug-likeness (QED) is 0.903. The van der Waals surface area contributed by atoms with Crippen molar-refractivity contribution in [3.63, 3.8) is 0 Å². The molecule has 0 saturated carbocycles. The highest BCUT2D eigenvalue weighted by molar-refractivity contribution is 7.15. The van der Waals surface area contributed by atoms with Gasteiger partial charge in [0.2, 0.25) is 0 Å². The molecule has 0 aliphatic rings. The number of thiazole rings is 1. The van der Waals surface area contributed by atoms with Crippen molar-refractivity contribution < 1.29 is 13.2 Å². The van der Waals surface area contributed by atoms with Gasteiger partial charge in [-0.1, -0.05) is 18.3 Å². The highest BCUT2D eigenvalue weighted by atomic mass is 32.1. The van der Waals surface area contributed by atoms with Crippen LogP contribution in [0.2, 0.25) is 0 Å². The van der Waals surface area contributed by atoms with Crippen LogP contribution in [0.4, 0.5) is 18.3 Å². The summed E-state index contributed by atoms with van der Waals surface area (Å²) in [6.07, 6.45) is -2.48. The molecule has 18 heavy (non-hydrogen) atoms. The minimum Gasteiger partial charge on any atom is -0.357 e. The first kappa shape index (κ1) is 13.4. The van der Waals surface area contributed by atoms with Crippen LogP contribution in [-0.2, 0) is 19.1 Å². The second kappa shape index (κ2) is 5.27. The lowest BCUT2D eigenvalue weighted by atomic mass is 10.4. The molecule has 0 aliphatic carbocycles. The molecule has 0 amide bonds. The molecule has 1 N–H and O–H groups in total. The minimum atomic E-state index is -4.31. The first-order valence-corrected chi connectivity index (χ1v) is 6.97. The molecule has 0 unspecified atom stereocenters. The van der Waals surface area contributed by atoms with E-state index in [2.05, 4.69) is 17.2 Å². The Morgan fingerprint density at radius 1 is 1.22 bits per heavy atom. The third-order valence-electron chi connectivity index (χ3n) is 2.26. The molecule has 0 aromatic carbocycles. The van der Waals surface area contributed by atoms with E-state index >= 15 is 0 Å². The van der Waals surface area contributed by atoms with E-state index in [1.807, 2.05) is 12.1 Å². The van der Waals surface area contributed by atoms with Crippen molar-refractivity contribution in [3.8, 4) is 0 Å². The first-order valence-electron chi connectivity index (χ1n) is 5.33. The maximum atomic E-state index is 12.4. The molecule has 2 aromatic rings. The van der Waals surface area contributed by atoms with Crippen molar-refractivity contribution in [3.05, 3.63) is 33.0 Å². The Bertz CT molecular complexity index is 516. The molecule has 0 atom stereocenters. The average Bonchev–Trinajstić information content (AvgIpc) is 2.94. The Kier molecular flexibility index (Phi) is 3.91. The third-order valence-corrected chi connectivity index (χ3v) is 4.49. The Balaban J connectivity index is 1.96. The summed E-state index contributed by atoms with van der Waals surface area (Å²) in [5, 5.41) is 3.21. The molecule has 0 fully saturated rings. The monoisotopic (exact) mass is 292 g/mol. The van der Waals surface area contributed by atoms with Gasteiger partial charge in [0.25, 0.3) is 0 Å². The van der Waals surface area contributed by atoms with E-state index in [9.17, 15) is 13.2 Å². The van der Waals surface area contributed by atoms with Gasteiger partial charge in [0.05, 0.1) is 12.7 Å². The van der Waals surface area contributed by atoms with E-state index in [4.69, 9.17) is 0 Å². The highest BCUT2D eigenvalue weighted by Crippen LogP contribution is 2.35. The maximum Gasteiger partial charge on any atom is 0.427 e. The van der Waals surface area contributed by atoms with Gasteiger partial charge >= 0.3 is 6.18 Å². The van der Waals surface area contributed by atoms with Crippen molar-refractivity contribution in [2.75, 3.05) is 5.32 Å². The van der Waals surface area contributed by atoms with Crippen LogP contribution in [0.1, 0.15) is 21.6 Å². The van der Waals surface area contributed by atoms with Crippen LogP contribution in [-0.4, -0.2) is 4.98 Å². The standard InChI is InChI=1S/C11H11F3N2S2/c1-2-7-3-4-8(17-7)5-15-10-16-6-9(18-10)11(12,13)14/h3-4,6H,2,5H2,1H3,(H,15,16). The van der Waals surface area contributed by atoms with Gasteiger partial charge in [0.15, 0.2) is 5.13 Å². The van der Waals surface area contributed by atoms with Crippen molar-refractivity contribution in [1.29, 1.82) is 0 Å². The normalized spacial score (nSPS) is 11.8. The fourth-order valence-corrected chi connectivity index (χ4v) is 2.93. The molecule has 2 nitrogen and oxygen atoms in total. The van der Waals surface area contributed by atoms with E-state index in [0.717, 1.165) is 17.5 Å². The van der Waals surface area contributed by atoms with Crippen LogP contribution in [0.25, 0.3) is 0 Å². The van der Waals surface area contributed by atoms with Crippen LogP contribution in [0.5, 0.6) is 0 Å². The molecule has 2 aromatic heterocycles. The number of aryl methyl sites for hydroxylation is 1. The Morgan fingerprint density at radius 2 is 1.94 bits per heavy atom. The number of hydrogen-bond acceptors (Lipinski definition) is 4. The summed E-state index contributed by atoms with van der Waals surface area (Å²) in [7, 11) is 0. The summed E-state index contributed by atoms with van der Waals surface area (Å²) in [6, 6.07) is 4.01. The molecular weight excluding hydrogens is 281 g/mol. The zero-order valence-corrected chi connectivity index (χ0v) is 11.2. The predicted octanol–water partition coefficient (Wildman–Crippen LogP) is 4.40. The molecule has 0 radical (unpaired) electrons. The zero-order chi connectivity index (χ0) is 13.2. The largest absolute Gasteiger partial charge is 0.427 e. The summed E-state index contributed by atoms with van der Waals surface area (Å²) < 4.78 is 37.1. The lowest BCUT2D eigenvalue weighted by Gasteiger charge is -2.01. The number of thiophene rings is 1. The van der Waals surface area contributed by atoms with E-state index in [-0.39, 0.29) is 0 Å². The molecule has 0 bridgehead atoms. The zero-order valence-electron chi connectivity index (χ0n) is 9.54. The minimum absolute atomic E-state index is 0.300. The van der Waals surface area contributed by atoms with Crippen LogP contribution in [0.15, 0.2) is 18.3 Å². The van der Waals surface area contributed by atoms with Crippen molar-refractivity contribution in [2.45, 2.75) is 26.1 Å². The molecule has 7 heteroatoms. The lowest BCUT2D eigenvalue weighted by Crippen LogP contribution is -2.00. The molecule has 98 valence electrons. The van der Waals surface area contributed by atoms with Gasteiger partial charge in [0, 0.05) is 9.75 Å². The lowest BCUT2D eigenvalue weighted by molar-refractivity contribution is -0.134. The van der Waals surface area contributed by atoms with E-state index in [1.165, 1.54) is 4.88 Å². The number of alkyl halides is 3. The summed E-state index contributed by atoms with van der Waals surface area (Å²) in [4.78, 5) is 5.40. The summed E-state index contributed by atoms with van der Waals surface area (Å²) >= 11 is 2.29. The van der Waals surface area contributed by atoms with Crippen LogP contribution < -0.4 is 5.32 Å². The first-order chi connectivity index (χ1) is 8.49. The second-order valence-electron chi connectivity index (χ2n) is 3.60. The number of nitrogens with one attached hydrogen (secondary N) is 1. The highest BCUT2D eigenvalue weighted by Gasteiger charge is 2.33. The van der Waals surface area contributed by atoms with E-state index in [0.29, 0.717) is 23.0 Å². The predicted molar refractivity (Wildman–Crippen MR) is 68.1 cm³/mol. The number of nitrogens with zero attached hydrogens (tertiary/aromatic N) is 1. The number of hydrogen-bond donors (Lipinski definition) is 1. The average molecular weight is 292 g/mol. The van der Waals surface area contributed by atoms with Crippen molar-refractivity contribution in [2.24, 2.45) is 0 Å². The van der Waals surface area contributed by atoms with Crippen molar-refractivity contribution >= 4 is 27.8 Å². The molecule has 2 heterocycles. The molecular formula is C11H11F3N2S2. The van der Waals surface area contributed by atoms with Crippen LogP contribution in [0.3, 0.4) is 0 Å². The van der Waals surface area contributed by atoms with Gasteiger partial charge in [0.1, 0.15) is 4.88 Å². The SMILES string of the molecule is CCc1ccc(CNc2ncc(C(F)(F)F)s2)s1. The molecule has 0 saturated heterocycles. The number of aromatic nitrogens is 1. The number of anilines is 1. The van der Waals surface area contributed by atoms with Gasteiger partial charge in [-0.05, 0) is 18.6 Å². The molecule has 2 rings (SSSR count). The van der Waals surface area contributed by atoms with Gasteiger partial charge < -0.3 is 5.32 Å². The summed E-state index contributed by atoms with van der Waals surface area (Å²) in [5.74, 6) is 0. The van der Waals surface area contributed by atoms with Gasteiger partial charge in [-0.3, -0.25) is 0 Å². The molecule has 0 aliphatic heterocycles. The van der Waals surface area contributed by atoms with E-state index < -0.39 is 11.1 Å². The van der Waals surface area contributed by atoms with Crippen LogP contribution >= 0.6 is 22.7 Å². The number of halogens is 3. The fourth-order valence-electron chi connectivity index (χ4n) is 1.36. The Morgan fingerprint density at radius 3 is 2.50 bits per heavy atom. The van der Waals surface area contributed by atoms with E-state index in [1.54, 1.807) is 11.3 Å². The summed E-state index contributed by atoms with van der Waals surface area (Å²) in [5.41, 5.74) is 0. The molecule has 0 spiro atoms. The maximum absolute atomic E-state index is 12.4. The van der Waals surface area contributed by atoms with Crippen molar-refractivity contribution in [1.82, 2.24) is 4.98 Å². The topological polar surface area (TPSA) is 24.9 Å². The summed E-state index contributed by atoms with van der Waals surface area (Å²) in [6.45, 7) is 2.58. The Labute approximate surface area is 110 Å². The third kappa shape index (κ3) is 3.23. The Hall–Kier alpha value is -1.08.